The molecular weight excluding hydrogens is 281 g/mol. The summed E-state index contributed by atoms with van der Waals surface area (Å²) in [6.07, 6.45) is 0. The summed E-state index contributed by atoms with van der Waals surface area (Å²) in [7, 11) is 0. The number of hydrogen-bond donors (Lipinski definition) is 1. The predicted octanol–water partition coefficient (Wildman–Crippen LogP) is 3.73. The van der Waals surface area contributed by atoms with E-state index in [1.807, 2.05) is 43.3 Å². The van der Waals surface area contributed by atoms with Gasteiger partial charge >= 0.3 is 0 Å². The first-order valence-electron chi connectivity index (χ1n) is 7.09. The van der Waals surface area contributed by atoms with Gasteiger partial charge in [-0.25, -0.2) is 4.39 Å². The van der Waals surface area contributed by atoms with E-state index in [9.17, 15) is 4.39 Å². The number of halogens is 1. The maximum atomic E-state index is 13.7. The molecule has 0 aliphatic heterocycles. The normalized spacial score (nSPS) is 12.3. The van der Waals surface area contributed by atoms with Crippen molar-refractivity contribution >= 4 is 0 Å². The van der Waals surface area contributed by atoms with Crippen LogP contribution in [0.15, 0.2) is 59.0 Å². The lowest BCUT2D eigenvalue weighted by Gasteiger charge is -2.13. The third-order valence-corrected chi connectivity index (χ3v) is 3.42. The SMILES string of the molecule is CC(NCc1nnc(-c2ccccc2)o1)c1ccccc1F. The summed E-state index contributed by atoms with van der Waals surface area (Å²) in [6.45, 7) is 2.28. The molecule has 0 fully saturated rings. The number of rotatable bonds is 5. The second-order valence-electron chi connectivity index (χ2n) is 4.99. The fourth-order valence-electron chi connectivity index (χ4n) is 2.20. The van der Waals surface area contributed by atoms with Gasteiger partial charge < -0.3 is 9.73 Å². The minimum atomic E-state index is -0.224. The molecule has 1 N–H and O–H groups in total. The monoisotopic (exact) mass is 297 g/mol. The number of hydrogen-bond acceptors (Lipinski definition) is 4. The molecule has 1 atom stereocenters. The molecule has 0 saturated heterocycles. The van der Waals surface area contributed by atoms with E-state index in [0.717, 1.165) is 5.56 Å². The molecule has 2 aromatic carbocycles. The third-order valence-electron chi connectivity index (χ3n) is 3.42. The van der Waals surface area contributed by atoms with Crippen LogP contribution in [-0.2, 0) is 6.54 Å². The average molecular weight is 297 g/mol. The van der Waals surface area contributed by atoms with Crippen molar-refractivity contribution in [2.45, 2.75) is 19.5 Å². The van der Waals surface area contributed by atoms with Gasteiger partial charge in [0.05, 0.1) is 6.54 Å². The summed E-state index contributed by atoms with van der Waals surface area (Å²) in [5, 5.41) is 11.2. The Hall–Kier alpha value is -2.53. The van der Waals surface area contributed by atoms with E-state index >= 15 is 0 Å². The molecule has 0 spiro atoms. The molecule has 0 aliphatic rings. The molecule has 0 saturated carbocycles. The molecule has 3 rings (SSSR count). The van der Waals surface area contributed by atoms with Gasteiger partial charge in [-0.1, -0.05) is 36.4 Å². The van der Waals surface area contributed by atoms with Gasteiger partial charge in [0, 0.05) is 17.2 Å². The zero-order chi connectivity index (χ0) is 15.4. The van der Waals surface area contributed by atoms with E-state index in [2.05, 4.69) is 15.5 Å². The second-order valence-corrected chi connectivity index (χ2v) is 4.99. The fourth-order valence-corrected chi connectivity index (χ4v) is 2.20. The Bertz CT molecular complexity index is 742. The molecule has 0 bridgehead atoms. The van der Waals surface area contributed by atoms with Crippen molar-refractivity contribution in [1.29, 1.82) is 0 Å². The Morgan fingerprint density at radius 1 is 1.05 bits per heavy atom. The Kier molecular flexibility index (Phi) is 4.25. The summed E-state index contributed by atoms with van der Waals surface area (Å²) < 4.78 is 19.3. The van der Waals surface area contributed by atoms with Gasteiger partial charge in [0.1, 0.15) is 5.82 Å². The molecular formula is C17H16FN3O. The molecule has 0 aliphatic carbocycles. The van der Waals surface area contributed by atoms with Crippen LogP contribution < -0.4 is 5.32 Å². The fraction of sp³-hybridized carbons (Fsp3) is 0.176. The molecule has 3 aromatic rings. The van der Waals surface area contributed by atoms with Crippen molar-refractivity contribution in [2.24, 2.45) is 0 Å². The molecule has 0 amide bonds. The van der Waals surface area contributed by atoms with E-state index < -0.39 is 0 Å². The first-order chi connectivity index (χ1) is 10.7. The van der Waals surface area contributed by atoms with Crippen LogP contribution in [0.25, 0.3) is 11.5 Å². The Morgan fingerprint density at radius 2 is 1.77 bits per heavy atom. The minimum Gasteiger partial charge on any atom is -0.419 e. The molecule has 112 valence electrons. The number of nitrogens with zero attached hydrogens (tertiary/aromatic N) is 2. The molecule has 1 heterocycles. The van der Waals surface area contributed by atoms with Crippen LogP contribution in [0.4, 0.5) is 4.39 Å². The van der Waals surface area contributed by atoms with Gasteiger partial charge in [-0.3, -0.25) is 0 Å². The van der Waals surface area contributed by atoms with Crippen LogP contribution in [0.3, 0.4) is 0 Å². The highest BCUT2D eigenvalue weighted by Crippen LogP contribution is 2.19. The van der Waals surface area contributed by atoms with Crippen molar-refractivity contribution < 1.29 is 8.81 Å². The van der Waals surface area contributed by atoms with E-state index in [4.69, 9.17) is 4.42 Å². The Morgan fingerprint density at radius 3 is 2.55 bits per heavy atom. The first-order valence-corrected chi connectivity index (χ1v) is 7.09. The van der Waals surface area contributed by atoms with E-state index in [-0.39, 0.29) is 11.9 Å². The lowest BCUT2D eigenvalue weighted by atomic mass is 10.1. The van der Waals surface area contributed by atoms with Crippen LogP contribution in [0.2, 0.25) is 0 Å². The lowest BCUT2D eigenvalue weighted by Crippen LogP contribution is -2.19. The van der Waals surface area contributed by atoms with Gasteiger partial charge in [-0.15, -0.1) is 10.2 Å². The van der Waals surface area contributed by atoms with Crippen LogP contribution in [-0.4, -0.2) is 10.2 Å². The molecule has 5 heteroatoms. The van der Waals surface area contributed by atoms with Crippen molar-refractivity contribution in [2.75, 3.05) is 0 Å². The quantitative estimate of drug-likeness (QED) is 0.779. The smallest absolute Gasteiger partial charge is 0.247 e. The maximum Gasteiger partial charge on any atom is 0.247 e. The number of benzene rings is 2. The van der Waals surface area contributed by atoms with Gasteiger partial charge in [0.15, 0.2) is 0 Å². The maximum absolute atomic E-state index is 13.7. The van der Waals surface area contributed by atoms with Gasteiger partial charge in [0.2, 0.25) is 11.8 Å². The zero-order valence-electron chi connectivity index (χ0n) is 12.2. The van der Waals surface area contributed by atoms with Crippen molar-refractivity contribution in [3.05, 3.63) is 71.9 Å². The van der Waals surface area contributed by atoms with Crippen LogP contribution in [0.5, 0.6) is 0 Å². The second kappa shape index (κ2) is 6.49. The van der Waals surface area contributed by atoms with Crippen LogP contribution in [0.1, 0.15) is 24.4 Å². The van der Waals surface area contributed by atoms with E-state index in [0.29, 0.717) is 23.9 Å². The summed E-state index contributed by atoms with van der Waals surface area (Å²) >= 11 is 0. The van der Waals surface area contributed by atoms with Gasteiger partial charge in [-0.2, -0.15) is 0 Å². The Balaban J connectivity index is 1.65. The van der Waals surface area contributed by atoms with E-state index in [1.165, 1.54) is 6.07 Å². The van der Waals surface area contributed by atoms with Crippen LogP contribution >= 0.6 is 0 Å². The standard InChI is InChI=1S/C17H16FN3O/c1-12(14-9-5-6-10-15(14)18)19-11-16-20-21-17(22-16)13-7-3-2-4-8-13/h2-10,12,19H,11H2,1H3. The summed E-state index contributed by atoms with van der Waals surface area (Å²) in [5.74, 6) is 0.732. The van der Waals surface area contributed by atoms with E-state index in [1.54, 1.807) is 12.1 Å². The summed E-state index contributed by atoms with van der Waals surface area (Å²) in [4.78, 5) is 0. The molecule has 4 nitrogen and oxygen atoms in total. The highest BCUT2D eigenvalue weighted by atomic mass is 19.1. The van der Waals surface area contributed by atoms with Crippen molar-refractivity contribution in [1.82, 2.24) is 15.5 Å². The predicted molar refractivity (Wildman–Crippen MR) is 81.4 cm³/mol. The van der Waals surface area contributed by atoms with Crippen LogP contribution in [0, 0.1) is 5.82 Å². The average Bonchev–Trinajstić information content (AvgIpc) is 3.03. The highest BCUT2D eigenvalue weighted by Gasteiger charge is 2.12. The number of nitrogens with one attached hydrogen (secondary N) is 1. The lowest BCUT2D eigenvalue weighted by molar-refractivity contribution is 0.447. The summed E-state index contributed by atoms with van der Waals surface area (Å²) in [6, 6.07) is 16.1. The molecule has 1 unspecified atom stereocenters. The minimum absolute atomic E-state index is 0.145. The highest BCUT2D eigenvalue weighted by molar-refractivity contribution is 5.51. The topological polar surface area (TPSA) is 51.0 Å². The molecule has 1 aromatic heterocycles. The zero-order valence-corrected chi connectivity index (χ0v) is 12.2. The molecule has 22 heavy (non-hydrogen) atoms. The summed E-state index contributed by atoms with van der Waals surface area (Å²) in [5.41, 5.74) is 1.49. The van der Waals surface area contributed by atoms with Crippen molar-refractivity contribution in [3.63, 3.8) is 0 Å². The molecule has 0 radical (unpaired) electrons. The van der Waals surface area contributed by atoms with Gasteiger partial charge in [-0.05, 0) is 25.1 Å². The Labute approximate surface area is 128 Å². The van der Waals surface area contributed by atoms with Crippen molar-refractivity contribution in [3.8, 4) is 11.5 Å². The number of aromatic nitrogens is 2. The van der Waals surface area contributed by atoms with Gasteiger partial charge in [0.25, 0.3) is 0 Å². The first kappa shape index (κ1) is 14.4. The largest absolute Gasteiger partial charge is 0.419 e. The third kappa shape index (κ3) is 3.20.